The summed E-state index contributed by atoms with van der Waals surface area (Å²) in [6.45, 7) is 12.6. The van der Waals surface area contributed by atoms with Crippen molar-refractivity contribution in [3.63, 3.8) is 0 Å². The van der Waals surface area contributed by atoms with Crippen molar-refractivity contribution in [1.82, 2.24) is 4.90 Å². The number of rotatable bonds is 6. The Morgan fingerprint density at radius 2 is 1.79 bits per heavy atom. The largest absolute Gasteiger partial charge is 0.495 e. The van der Waals surface area contributed by atoms with Crippen LogP contribution in [0.25, 0.3) is 0 Å². The number of carbonyl (C=O) groups excluding carboxylic acids is 1. The summed E-state index contributed by atoms with van der Waals surface area (Å²) in [6.07, 6.45) is 0. The molecule has 0 spiro atoms. The molecule has 0 atom stereocenters. The zero-order valence-electron chi connectivity index (χ0n) is 17.4. The standard InChI is InChI=1S/C20H30BNO6/c1-19(2)20(3,4)28-21(27-19)17-7-6-15(14-16(17)18(23)24-5)26-13-10-22-8-11-25-12-9-22/h6-7,14H,8-13H2,1-5H3. The molecule has 7 nitrogen and oxygen atoms in total. The second-order valence-corrected chi connectivity index (χ2v) is 8.13. The second-order valence-electron chi connectivity index (χ2n) is 8.13. The summed E-state index contributed by atoms with van der Waals surface area (Å²) in [5, 5.41) is 0. The molecular formula is C20H30BNO6. The highest BCUT2D eigenvalue weighted by Crippen LogP contribution is 2.36. The van der Waals surface area contributed by atoms with Crippen molar-refractivity contribution in [2.75, 3.05) is 46.6 Å². The van der Waals surface area contributed by atoms with E-state index in [0.29, 0.717) is 23.4 Å². The van der Waals surface area contributed by atoms with Crippen molar-refractivity contribution in [1.29, 1.82) is 0 Å². The number of morpholine rings is 1. The van der Waals surface area contributed by atoms with Crippen LogP contribution in [0, 0.1) is 0 Å². The Hall–Kier alpha value is -1.61. The predicted molar refractivity (Wildman–Crippen MR) is 106 cm³/mol. The summed E-state index contributed by atoms with van der Waals surface area (Å²) < 4.78 is 28.4. The molecule has 3 rings (SSSR count). The Balaban J connectivity index is 1.72. The number of benzene rings is 1. The van der Waals surface area contributed by atoms with Crippen molar-refractivity contribution >= 4 is 18.6 Å². The van der Waals surface area contributed by atoms with E-state index in [2.05, 4.69) is 4.90 Å². The van der Waals surface area contributed by atoms with Gasteiger partial charge in [0.15, 0.2) is 0 Å². The summed E-state index contributed by atoms with van der Waals surface area (Å²) in [5.74, 6) is 0.178. The van der Waals surface area contributed by atoms with Crippen LogP contribution >= 0.6 is 0 Å². The van der Waals surface area contributed by atoms with Gasteiger partial charge in [-0.15, -0.1) is 0 Å². The van der Waals surface area contributed by atoms with Crippen molar-refractivity contribution in [2.24, 2.45) is 0 Å². The lowest BCUT2D eigenvalue weighted by atomic mass is 9.76. The Labute approximate surface area is 167 Å². The molecule has 0 aromatic heterocycles. The molecule has 0 amide bonds. The third kappa shape index (κ3) is 4.51. The normalized spacial score (nSPS) is 21.5. The van der Waals surface area contributed by atoms with Gasteiger partial charge >= 0.3 is 13.1 Å². The Kier molecular flexibility index (Phi) is 6.34. The molecule has 8 heteroatoms. The lowest BCUT2D eigenvalue weighted by Crippen LogP contribution is -2.41. The van der Waals surface area contributed by atoms with Gasteiger partial charge in [-0.05, 0) is 45.3 Å². The first-order valence-corrected chi connectivity index (χ1v) is 9.74. The van der Waals surface area contributed by atoms with Crippen LogP contribution in [0.2, 0.25) is 0 Å². The molecule has 28 heavy (non-hydrogen) atoms. The molecule has 1 aromatic carbocycles. The van der Waals surface area contributed by atoms with Crippen molar-refractivity contribution in [3.05, 3.63) is 23.8 Å². The maximum Gasteiger partial charge on any atom is 0.495 e. The minimum absolute atomic E-state index is 0.393. The fraction of sp³-hybridized carbons (Fsp3) is 0.650. The topological polar surface area (TPSA) is 66.5 Å². The lowest BCUT2D eigenvalue weighted by molar-refractivity contribution is 0.00578. The summed E-state index contributed by atoms with van der Waals surface area (Å²) in [4.78, 5) is 14.7. The average Bonchev–Trinajstić information content (AvgIpc) is 2.89. The molecule has 0 aliphatic carbocycles. The molecule has 2 aliphatic heterocycles. The number of nitrogens with zero attached hydrogens (tertiary/aromatic N) is 1. The lowest BCUT2D eigenvalue weighted by Gasteiger charge is -2.32. The molecule has 2 heterocycles. The van der Waals surface area contributed by atoms with Gasteiger partial charge in [0.25, 0.3) is 0 Å². The minimum atomic E-state index is -0.638. The van der Waals surface area contributed by atoms with Gasteiger partial charge in [-0.3, -0.25) is 4.90 Å². The highest BCUT2D eigenvalue weighted by molar-refractivity contribution is 6.63. The van der Waals surface area contributed by atoms with Crippen molar-refractivity contribution < 1.29 is 28.3 Å². The molecule has 2 fully saturated rings. The van der Waals surface area contributed by atoms with E-state index in [-0.39, 0.29) is 0 Å². The van der Waals surface area contributed by atoms with Crippen LogP contribution in [0.3, 0.4) is 0 Å². The zero-order valence-corrected chi connectivity index (χ0v) is 17.4. The van der Waals surface area contributed by atoms with Crippen LogP contribution in [0.15, 0.2) is 18.2 Å². The highest BCUT2D eigenvalue weighted by atomic mass is 16.7. The maximum atomic E-state index is 12.4. The molecule has 2 saturated heterocycles. The van der Waals surface area contributed by atoms with Gasteiger partial charge in [-0.1, -0.05) is 6.07 Å². The smallest absolute Gasteiger partial charge is 0.492 e. The van der Waals surface area contributed by atoms with E-state index in [4.69, 9.17) is 23.5 Å². The van der Waals surface area contributed by atoms with Crippen molar-refractivity contribution in [3.8, 4) is 5.75 Å². The second kappa shape index (κ2) is 8.41. The van der Waals surface area contributed by atoms with E-state index in [0.717, 1.165) is 32.8 Å². The van der Waals surface area contributed by atoms with Crippen LogP contribution in [-0.2, 0) is 18.8 Å². The summed E-state index contributed by atoms with van der Waals surface area (Å²) >= 11 is 0. The minimum Gasteiger partial charge on any atom is -0.492 e. The van der Waals surface area contributed by atoms with E-state index in [1.54, 1.807) is 6.07 Å². The fourth-order valence-corrected chi connectivity index (χ4v) is 3.20. The number of hydrogen-bond acceptors (Lipinski definition) is 7. The Bertz CT molecular complexity index is 686. The quantitative estimate of drug-likeness (QED) is 0.538. The summed E-state index contributed by atoms with van der Waals surface area (Å²) in [5.41, 5.74) is 0.0624. The number of esters is 1. The van der Waals surface area contributed by atoms with Gasteiger partial charge in [-0.2, -0.15) is 0 Å². The molecule has 0 N–H and O–H groups in total. The van der Waals surface area contributed by atoms with Gasteiger partial charge < -0.3 is 23.5 Å². The summed E-state index contributed by atoms with van der Waals surface area (Å²) in [7, 11) is 0.726. The third-order valence-electron chi connectivity index (χ3n) is 5.72. The van der Waals surface area contributed by atoms with Gasteiger partial charge in [0.1, 0.15) is 12.4 Å². The molecule has 0 saturated carbocycles. The van der Waals surface area contributed by atoms with E-state index in [9.17, 15) is 4.79 Å². The van der Waals surface area contributed by atoms with Gasteiger partial charge in [0, 0.05) is 19.6 Å². The molecular weight excluding hydrogens is 361 g/mol. The number of hydrogen-bond donors (Lipinski definition) is 0. The van der Waals surface area contributed by atoms with Gasteiger partial charge in [0.05, 0.1) is 37.1 Å². The monoisotopic (exact) mass is 391 g/mol. The van der Waals surface area contributed by atoms with Gasteiger partial charge in [0.2, 0.25) is 0 Å². The van der Waals surface area contributed by atoms with E-state index < -0.39 is 24.3 Å². The Morgan fingerprint density at radius 1 is 1.14 bits per heavy atom. The van der Waals surface area contributed by atoms with E-state index in [1.807, 2.05) is 39.8 Å². The molecule has 1 aromatic rings. The number of methoxy groups -OCH3 is 1. The van der Waals surface area contributed by atoms with Crippen LogP contribution in [0.1, 0.15) is 38.1 Å². The molecule has 0 bridgehead atoms. The van der Waals surface area contributed by atoms with Crippen LogP contribution in [-0.4, -0.2) is 75.8 Å². The first-order chi connectivity index (χ1) is 13.2. The maximum absolute atomic E-state index is 12.4. The first-order valence-electron chi connectivity index (χ1n) is 9.74. The SMILES string of the molecule is COC(=O)c1cc(OCCN2CCOCC2)ccc1B1OC(C)(C)C(C)(C)O1. The third-order valence-corrected chi connectivity index (χ3v) is 5.72. The number of ether oxygens (including phenoxy) is 3. The zero-order chi connectivity index (χ0) is 20.4. The summed E-state index contributed by atoms with van der Waals surface area (Å²) in [6, 6.07) is 5.36. The molecule has 2 aliphatic rings. The number of carbonyl (C=O) groups is 1. The highest BCUT2D eigenvalue weighted by Gasteiger charge is 2.52. The van der Waals surface area contributed by atoms with Crippen LogP contribution < -0.4 is 10.2 Å². The molecule has 0 radical (unpaired) electrons. The van der Waals surface area contributed by atoms with Gasteiger partial charge in [-0.25, -0.2) is 4.79 Å². The average molecular weight is 391 g/mol. The van der Waals surface area contributed by atoms with E-state index in [1.165, 1.54) is 7.11 Å². The molecule has 154 valence electrons. The Morgan fingerprint density at radius 3 is 2.39 bits per heavy atom. The first kappa shape index (κ1) is 21.1. The molecule has 0 unspecified atom stereocenters. The fourth-order valence-electron chi connectivity index (χ4n) is 3.20. The van der Waals surface area contributed by atoms with Crippen LogP contribution in [0.5, 0.6) is 5.75 Å². The predicted octanol–water partition coefficient (Wildman–Crippen LogP) is 1.48. The van der Waals surface area contributed by atoms with Crippen LogP contribution in [0.4, 0.5) is 0 Å². The van der Waals surface area contributed by atoms with Crippen molar-refractivity contribution in [2.45, 2.75) is 38.9 Å². The van der Waals surface area contributed by atoms with E-state index >= 15 is 0 Å².